The third kappa shape index (κ3) is 2.87. The fourth-order valence-electron chi connectivity index (χ4n) is 5.60. The van der Waals surface area contributed by atoms with Gasteiger partial charge in [0.2, 0.25) is 5.91 Å². The van der Waals surface area contributed by atoms with Crippen LogP contribution in [0.4, 0.5) is 0 Å². The summed E-state index contributed by atoms with van der Waals surface area (Å²) in [5.74, 6) is 0.874. The first-order chi connectivity index (χ1) is 13.6. The molecular weight excluding hydrogens is 350 g/mol. The van der Waals surface area contributed by atoms with Crippen molar-refractivity contribution in [2.75, 3.05) is 20.2 Å². The molecule has 5 nitrogen and oxygen atoms in total. The molecule has 1 aromatic heterocycles. The minimum absolute atomic E-state index is 0.00535. The summed E-state index contributed by atoms with van der Waals surface area (Å²) in [5.41, 5.74) is 5.77. The summed E-state index contributed by atoms with van der Waals surface area (Å²) in [6.45, 7) is 2.76. The lowest BCUT2D eigenvalue weighted by molar-refractivity contribution is -0.127. The van der Waals surface area contributed by atoms with Gasteiger partial charge < -0.3 is 20.3 Å². The number of amides is 1. The SMILES string of the molecule is CCC(CO)C(=O)NC1CC2c3cccc4[nH]c(C5CC5)c(c34)CC2N(C)C1. The molecule has 4 atom stereocenters. The van der Waals surface area contributed by atoms with Crippen LogP contribution in [0.25, 0.3) is 10.9 Å². The van der Waals surface area contributed by atoms with Crippen LogP contribution in [0.5, 0.6) is 0 Å². The number of piperidine rings is 1. The maximum atomic E-state index is 12.5. The molecule has 5 rings (SSSR count). The molecule has 3 N–H and O–H groups in total. The summed E-state index contributed by atoms with van der Waals surface area (Å²) in [7, 11) is 2.20. The van der Waals surface area contributed by atoms with Gasteiger partial charge in [-0.05, 0) is 62.3 Å². The van der Waals surface area contributed by atoms with E-state index in [1.165, 1.54) is 35.0 Å². The van der Waals surface area contributed by atoms with Gasteiger partial charge in [-0.1, -0.05) is 19.1 Å². The minimum atomic E-state index is -0.296. The van der Waals surface area contributed by atoms with Crippen molar-refractivity contribution in [2.45, 2.75) is 62.9 Å². The largest absolute Gasteiger partial charge is 0.396 e. The number of likely N-dealkylation sites (tertiary alicyclic amines) is 1. The summed E-state index contributed by atoms with van der Waals surface area (Å²) in [6.07, 6.45) is 5.39. The maximum absolute atomic E-state index is 12.5. The zero-order valence-corrected chi connectivity index (χ0v) is 16.9. The third-order valence-electron chi connectivity index (χ3n) is 7.30. The Kier molecular flexibility index (Phi) is 4.48. The fourth-order valence-corrected chi connectivity index (χ4v) is 5.60. The monoisotopic (exact) mass is 381 g/mol. The first-order valence-corrected chi connectivity index (χ1v) is 10.9. The lowest BCUT2D eigenvalue weighted by Crippen LogP contribution is -2.55. The Morgan fingerprint density at radius 2 is 2.21 bits per heavy atom. The van der Waals surface area contributed by atoms with Crippen molar-refractivity contribution >= 4 is 16.8 Å². The van der Waals surface area contributed by atoms with Crippen molar-refractivity contribution in [3.8, 4) is 0 Å². The molecule has 3 aliphatic rings. The molecule has 5 heteroatoms. The Morgan fingerprint density at radius 3 is 2.93 bits per heavy atom. The molecular formula is C23H31N3O2. The second-order valence-corrected chi connectivity index (χ2v) is 9.11. The van der Waals surface area contributed by atoms with Crippen LogP contribution in [-0.4, -0.2) is 53.2 Å². The Balaban J connectivity index is 1.46. The number of hydrogen-bond donors (Lipinski definition) is 3. The van der Waals surface area contributed by atoms with Crippen LogP contribution < -0.4 is 5.32 Å². The molecule has 1 amide bonds. The van der Waals surface area contributed by atoms with Crippen LogP contribution in [0.2, 0.25) is 0 Å². The number of fused-ring (bicyclic) bond motifs is 2. The molecule has 2 aromatic rings. The molecule has 1 aromatic carbocycles. The number of carbonyl (C=O) groups excluding carboxylic acids is 1. The molecule has 1 saturated heterocycles. The molecule has 2 fully saturated rings. The summed E-state index contributed by atoms with van der Waals surface area (Å²) in [5, 5.41) is 14.1. The van der Waals surface area contributed by atoms with E-state index in [9.17, 15) is 9.90 Å². The smallest absolute Gasteiger partial charge is 0.225 e. The van der Waals surface area contributed by atoms with Gasteiger partial charge in [0.05, 0.1) is 12.5 Å². The van der Waals surface area contributed by atoms with Gasteiger partial charge in [0.1, 0.15) is 0 Å². The van der Waals surface area contributed by atoms with E-state index in [-0.39, 0.29) is 24.5 Å². The minimum Gasteiger partial charge on any atom is -0.396 e. The van der Waals surface area contributed by atoms with E-state index in [0.29, 0.717) is 18.4 Å². The highest BCUT2D eigenvalue weighted by Gasteiger charge is 2.42. The standard InChI is InChI=1S/C23H31N3O2/c1-3-13(12-27)23(28)24-15-9-17-16-5-4-6-19-21(16)18(10-20(17)26(2)11-15)22(25-19)14-7-8-14/h4-6,13-15,17,20,25,27H,3,7-12H2,1-2H3,(H,24,28). The second kappa shape index (κ2) is 6.89. The number of likely N-dealkylation sites (N-methyl/N-ethyl adjacent to an activating group) is 1. The van der Waals surface area contributed by atoms with E-state index in [4.69, 9.17) is 0 Å². The molecule has 0 bridgehead atoms. The van der Waals surface area contributed by atoms with Gasteiger partial charge in [-0.25, -0.2) is 0 Å². The number of hydrogen-bond acceptors (Lipinski definition) is 3. The Morgan fingerprint density at radius 1 is 1.39 bits per heavy atom. The van der Waals surface area contributed by atoms with Gasteiger partial charge in [0, 0.05) is 41.1 Å². The van der Waals surface area contributed by atoms with Crippen LogP contribution in [0.1, 0.15) is 61.3 Å². The highest BCUT2D eigenvalue weighted by Crippen LogP contribution is 2.49. The number of aliphatic hydroxyl groups excluding tert-OH is 1. The summed E-state index contributed by atoms with van der Waals surface area (Å²) < 4.78 is 0. The quantitative estimate of drug-likeness (QED) is 0.746. The maximum Gasteiger partial charge on any atom is 0.225 e. The van der Waals surface area contributed by atoms with Crippen LogP contribution >= 0.6 is 0 Å². The van der Waals surface area contributed by atoms with Crippen molar-refractivity contribution in [2.24, 2.45) is 5.92 Å². The average Bonchev–Trinajstić information content (AvgIpc) is 3.46. The molecule has 28 heavy (non-hydrogen) atoms. The van der Waals surface area contributed by atoms with Crippen LogP contribution in [0, 0.1) is 5.92 Å². The van der Waals surface area contributed by atoms with Gasteiger partial charge in [-0.15, -0.1) is 0 Å². The highest BCUT2D eigenvalue weighted by molar-refractivity contribution is 5.90. The Hall–Kier alpha value is -1.85. The van der Waals surface area contributed by atoms with E-state index in [0.717, 1.165) is 25.3 Å². The second-order valence-electron chi connectivity index (χ2n) is 9.11. The third-order valence-corrected chi connectivity index (χ3v) is 7.30. The average molecular weight is 382 g/mol. The van der Waals surface area contributed by atoms with E-state index in [1.807, 2.05) is 6.92 Å². The fraction of sp³-hybridized carbons (Fsp3) is 0.609. The van der Waals surface area contributed by atoms with E-state index < -0.39 is 0 Å². The van der Waals surface area contributed by atoms with Crippen LogP contribution in [0.15, 0.2) is 18.2 Å². The summed E-state index contributed by atoms with van der Waals surface area (Å²) >= 11 is 0. The van der Waals surface area contributed by atoms with E-state index in [1.54, 1.807) is 5.56 Å². The van der Waals surface area contributed by atoms with Gasteiger partial charge in [0.15, 0.2) is 0 Å². The molecule has 1 aliphatic heterocycles. The van der Waals surface area contributed by atoms with Crippen molar-refractivity contribution in [1.29, 1.82) is 0 Å². The predicted octanol–water partition coefficient (Wildman–Crippen LogP) is 2.89. The predicted molar refractivity (Wildman–Crippen MR) is 111 cm³/mol. The number of benzene rings is 1. The van der Waals surface area contributed by atoms with Crippen molar-refractivity contribution < 1.29 is 9.90 Å². The number of nitrogens with zero attached hydrogens (tertiary/aromatic N) is 1. The zero-order valence-electron chi connectivity index (χ0n) is 16.9. The van der Waals surface area contributed by atoms with Crippen molar-refractivity contribution in [1.82, 2.24) is 15.2 Å². The number of H-pyrrole nitrogens is 1. The van der Waals surface area contributed by atoms with Crippen molar-refractivity contribution in [3.63, 3.8) is 0 Å². The highest BCUT2D eigenvalue weighted by atomic mass is 16.3. The molecule has 0 spiro atoms. The van der Waals surface area contributed by atoms with Crippen LogP contribution in [0.3, 0.4) is 0 Å². The molecule has 1 saturated carbocycles. The van der Waals surface area contributed by atoms with Gasteiger partial charge in [-0.2, -0.15) is 0 Å². The van der Waals surface area contributed by atoms with Crippen LogP contribution in [-0.2, 0) is 11.2 Å². The van der Waals surface area contributed by atoms with E-state index >= 15 is 0 Å². The topological polar surface area (TPSA) is 68.4 Å². The summed E-state index contributed by atoms with van der Waals surface area (Å²) in [6, 6.07) is 7.33. The number of nitrogens with one attached hydrogen (secondary N) is 2. The molecule has 0 radical (unpaired) electrons. The number of aromatic nitrogens is 1. The Bertz CT molecular complexity index is 897. The first-order valence-electron chi connectivity index (χ1n) is 10.9. The lowest BCUT2D eigenvalue weighted by atomic mass is 9.73. The number of rotatable bonds is 5. The molecule has 2 aliphatic carbocycles. The molecule has 150 valence electrons. The van der Waals surface area contributed by atoms with Gasteiger partial charge >= 0.3 is 0 Å². The number of aliphatic hydroxyl groups is 1. The molecule has 4 unspecified atom stereocenters. The normalized spacial score (nSPS) is 28.2. The summed E-state index contributed by atoms with van der Waals surface area (Å²) in [4.78, 5) is 18.7. The lowest BCUT2D eigenvalue weighted by Gasteiger charge is -2.46. The first kappa shape index (κ1) is 18.2. The van der Waals surface area contributed by atoms with Crippen molar-refractivity contribution in [3.05, 3.63) is 35.0 Å². The zero-order chi connectivity index (χ0) is 19.4. The molecule has 2 heterocycles. The number of aromatic amines is 1. The number of carbonyl (C=O) groups is 1. The Labute approximate surface area is 166 Å². The van der Waals surface area contributed by atoms with Gasteiger partial charge in [0.25, 0.3) is 0 Å². The van der Waals surface area contributed by atoms with Gasteiger partial charge in [-0.3, -0.25) is 4.79 Å². The van der Waals surface area contributed by atoms with E-state index in [2.05, 4.69) is 40.4 Å².